The Morgan fingerprint density at radius 1 is 0.953 bits per heavy atom. The van der Waals surface area contributed by atoms with Gasteiger partial charge in [-0.3, -0.25) is 9.52 Å². The lowest BCUT2D eigenvalue weighted by molar-refractivity contribution is -0.140. The molecule has 3 rings (SSSR count). The minimum Gasteiger partial charge on any atom is -0.478 e. The monoisotopic (exact) mass is 664 g/mol. The fraction of sp³-hybridized carbons (Fsp3) is 0.296. The minimum absolute atomic E-state index is 0.0385. The largest absolute Gasteiger partial charge is 0.516 e. The average molecular weight is 665 g/mol. The van der Waals surface area contributed by atoms with Gasteiger partial charge in [-0.05, 0) is 43.5 Å². The van der Waals surface area contributed by atoms with Crippen LogP contribution in [0.5, 0.6) is 0 Å². The van der Waals surface area contributed by atoms with E-state index in [0.717, 1.165) is 13.2 Å². The smallest absolute Gasteiger partial charge is 0.478 e. The molecule has 1 atom stereocenters. The van der Waals surface area contributed by atoms with E-state index in [0.29, 0.717) is 0 Å². The third kappa shape index (κ3) is 6.45. The van der Waals surface area contributed by atoms with Gasteiger partial charge in [0.2, 0.25) is 0 Å². The molecular formula is C27H25Cl2F3N2O8S. The van der Waals surface area contributed by atoms with Crippen molar-refractivity contribution in [2.75, 3.05) is 18.9 Å². The number of hydrogen-bond donors (Lipinski definition) is 3. The van der Waals surface area contributed by atoms with Gasteiger partial charge in [-0.1, -0.05) is 47.5 Å². The molecule has 43 heavy (non-hydrogen) atoms. The Morgan fingerprint density at radius 2 is 1.49 bits per heavy atom. The highest BCUT2D eigenvalue weighted by Crippen LogP contribution is 2.52. The first-order valence-electron chi connectivity index (χ1n) is 12.2. The van der Waals surface area contributed by atoms with Gasteiger partial charge in [-0.15, -0.1) is 0 Å². The molecule has 232 valence electrons. The van der Waals surface area contributed by atoms with E-state index in [9.17, 15) is 46.2 Å². The number of methoxy groups -OCH3 is 1. The lowest BCUT2D eigenvalue weighted by Crippen LogP contribution is -2.45. The van der Waals surface area contributed by atoms with Crippen LogP contribution in [0.4, 0.5) is 18.9 Å². The predicted octanol–water partition coefficient (Wildman–Crippen LogP) is 5.33. The molecule has 10 nitrogen and oxygen atoms in total. The van der Waals surface area contributed by atoms with Crippen LogP contribution in [0.2, 0.25) is 10.0 Å². The molecular weight excluding hydrogens is 640 g/mol. The van der Waals surface area contributed by atoms with E-state index in [-0.39, 0.29) is 45.4 Å². The molecule has 1 aliphatic heterocycles. The van der Waals surface area contributed by atoms with Gasteiger partial charge in [0.15, 0.2) is 0 Å². The van der Waals surface area contributed by atoms with Crippen molar-refractivity contribution in [3.8, 4) is 0 Å². The molecule has 0 bridgehead atoms. The van der Waals surface area contributed by atoms with Gasteiger partial charge >= 0.3 is 33.4 Å². The molecule has 2 aromatic carbocycles. The number of anilines is 1. The first kappa shape index (κ1) is 33.7. The summed E-state index contributed by atoms with van der Waals surface area (Å²) in [5.74, 6) is -3.99. The number of aryl methyl sites for hydroxylation is 1. The standard InChI is InChI=1S/C27H25Cl2F3N2O8S/c1-26(21-15(28)8-6-9-16(21)29)22(24(36)37)18(34(2)19(13-20(35)42-3)23(26)25(38)39)12-11-14-7-4-5-10-17(14)33-43(40,41)27(30,31)32/h4-10,33H,11-13H2,1-3H3,(H,36,37)(H,38,39). The predicted molar refractivity (Wildman–Crippen MR) is 151 cm³/mol. The number of carbonyl (C=O) groups excluding carboxylic acids is 1. The summed E-state index contributed by atoms with van der Waals surface area (Å²) in [5, 5.41) is 20.8. The second kappa shape index (κ2) is 12.5. The van der Waals surface area contributed by atoms with E-state index < -0.39 is 62.1 Å². The maximum atomic E-state index is 13.1. The normalized spacial score (nSPS) is 17.6. The molecule has 2 aromatic rings. The van der Waals surface area contributed by atoms with E-state index in [1.165, 1.54) is 60.0 Å². The highest BCUT2D eigenvalue weighted by Gasteiger charge is 2.52. The van der Waals surface area contributed by atoms with Crippen molar-refractivity contribution in [1.82, 2.24) is 4.90 Å². The van der Waals surface area contributed by atoms with Crippen molar-refractivity contribution in [2.45, 2.75) is 37.1 Å². The van der Waals surface area contributed by atoms with Gasteiger partial charge in [0.05, 0.1) is 35.8 Å². The van der Waals surface area contributed by atoms with Crippen molar-refractivity contribution >= 4 is 56.8 Å². The second-order valence-electron chi connectivity index (χ2n) is 9.50. The Kier molecular flexibility index (Phi) is 9.78. The lowest BCUT2D eigenvalue weighted by atomic mass is 9.66. The molecule has 1 unspecified atom stereocenters. The summed E-state index contributed by atoms with van der Waals surface area (Å²) in [7, 11) is -3.37. The lowest BCUT2D eigenvalue weighted by Gasteiger charge is -2.43. The van der Waals surface area contributed by atoms with Crippen LogP contribution in [-0.2, 0) is 41.0 Å². The van der Waals surface area contributed by atoms with Gasteiger partial charge in [-0.2, -0.15) is 21.6 Å². The van der Waals surface area contributed by atoms with Gasteiger partial charge in [0, 0.05) is 34.1 Å². The van der Waals surface area contributed by atoms with E-state index >= 15 is 0 Å². The van der Waals surface area contributed by atoms with E-state index in [1.807, 2.05) is 0 Å². The molecule has 16 heteroatoms. The maximum Gasteiger partial charge on any atom is 0.516 e. The zero-order valence-corrected chi connectivity index (χ0v) is 25.1. The van der Waals surface area contributed by atoms with Gasteiger partial charge in [0.1, 0.15) is 0 Å². The number of carbonyl (C=O) groups is 3. The molecule has 1 aliphatic rings. The Labute approximate surface area is 254 Å². The number of allylic oxidation sites excluding steroid dienone is 1. The number of para-hydroxylation sites is 1. The number of ether oxygens (including phenoxy) is 1. The maximum absolute atomic E-state index is 13.1. The molecule has 1 heterocycles. The van der Waals surface area contributed by atoms with Crippen LogP contribution in [0.25, 0.3) is 0 Å². The Bertz CT molecular complexity index is 1640. The Morgan fingerprint density at radius 3 is 2.00 bits per heavy atom. The van der Waals surface area contributed by atoms with Crippen LogP contribution >= 0.6 is 23.2 Å². The van der Waals surface area contributed by atoms with E-state index in [1.54, 1.807) is 0 Å². The van der Waals surface area contributed by atoms with Gasteiger partial charge in [0.25, 0.3) is 0 Å². The van der Waals surface area contributed by atoms with Gasteiger partial charge < -0.3 is 19.8 Å². The third-order valence-electron chi connectivity index (χ3n) is 7.01. The van der Waals surface area contributed by atoms with Crippen LogP contribution < -0.4 is 4.72 Å². The number of rotatable bonds is 10. The summed E-state index contributed by atoms with van der Waals surface area (Å²) in [6, 6.07) is 9.43. The molecule has 0 aromatic heterocycles. The molecule has 0 aliphatic carbocycles. The number of carboxylic acids is 2. The zero-order valence-electron chi connectivity index (χ0n) is 22.8. The highest BCUT2D eigenvalue weighted by molar-refractivity contribution is 7.93. The SMILES string of the molecule is COC(=O)CC1=C(C(=O)O)C(C)(c2c(Cl)cccc2Cl)C(C(=O)O)=C(CCc2ccccc2NS(=O)(=O)C(F)(F)F)N1C. The molecule has 0 amide bonds. The summed E-state index contributed by atoms with van der Waals surface area (Å²) in [6.45, 7) is 1.28. The quantitative estimate of drug-likeness (QED) is 0.286. The number of nitrogens with one attached hydrogen (secondary N) is 1. The number of sulfonamides is 1. The van der Waals surface area contributed by atoms with Crippen molar-refractivity contribution in [3.05, 3.63) is 86.2 Å². The fourth-order valence-electron chi connectivity index (χ4n) is 5.10. The number of benzene rings is 2. The van der Waals surface area contributed by atoms with Crippen LogP contribution in [0.1, 0.15) is 30.9 Å². The average Bonchev–Trinajstić information content (AvgIpc) is 2.88. The van der Waals surface area contributed by atoms with Crippen molar-refractivity contribution in [1.29, 1.82) is 0 Å². The summed E-state index contributed by atoms with van der Waals surface area (Å²) >= 11 is 12.9. The van der Waals surface area contributed by atoms with Crippen LogP contribution in [-0.4, -0.2) is 61.1 Å². The summed E-state index contributed by atoms with van der Waals surface area (Å²) in [6.07, 6.45) is -1.09. The fourth-order valence-corrected chi connectivity index (χ4v) is 6.48. The number of halogens is 5. The topological polar surface area (TPSA) is 150 Å². The van der Waals surface area contributed by atoms with Crippen molar-refractivity contribution < 1.29 is 50.9 Å². The minimum atomic E-state index is -5.78. The van der Waals surface area contributed by atoms with Gasteiger partial charge in [-0.25, -0.2) is 9.59 Å². The Hall–Kier alpha value is -3.75. The first-order chi connectivity index (χ1) is 19.9. The Balaban J connectivity index is 2.30. The van der Waals surface area contributed by atoms with Crippen LogP contribution in [0, 0.1) is 0 Å². The van der Waals surface area contributed by atoms with E-state index in [2.05, 4.69) is 0 Å². The van der Waals surface area contributed by atoms with Crippen LogP contribution in [0.3, 0.4) is 0 Å². The molecule has 3 N–H and O–H groups in total. The molecule has 0 spiro atoms. The van der Waals surface area contributed by atoms with Crippen molar-refractivity contribution in [3.63, 3.8) is 0 Å². The summed E-state index contributed by atoms with van der Waals surface area (Å²) < 4.78 is 69.0. The number of carboxylic acid groups (broad SMARTS) is 2. The zero-order chi connectivity index (χ0) is 32.5. The van der Waals surface area contributed by atoms with Crippen molar-refractivity contribution in [2.24, 2.45) is 0 Å². The first-order valence-corrected chi connectivity index (χ1v) is 14.5. The number of hydrogen-bond acceptors (Lipinski definition) is 7. The third-order valence-corrected chi connectivity index (χ3v) is 8.74. The number of esters is 1. The number of alkyl halides is 3. The van der Waals surface area contributed by atoms with E-state index in [4.69, 9.17) is 27.9 Å². The number of nitrogens with zero attached hydrogens (tertiary/aromatic N) is 1. The second-order valence-corrected chi connectivity index (χ2v) is 12.0. The molecule has 0 saturated heterocycles. The molecule has 0 saturated carbocycles. The number of aliphatic carboxylic acids is 2. The summed E-state index contributed by atoms with van der Waals surface area (Å²) in [5.41, 5.74) is -9.24. The summed E-state index contributed by atoms with van der Waals surface area (Å²) in [4.78, 5) is 39.4. The van der Waals surface area contributed by atoms with Crippen LogP contribution in [0.15, 0.2) is 65.0 Å². The molecule has 0 fully saturated rings. The highest BCUT2D eigenvalue weighted by atomic mass is 35.5. The molecule has 0 radical (unpaired) electrons.